The second kappa shape index (κ2) is 8.28. The summed E-state index contributed by atoms with van der Waals surface area (Å²) in [6, 6.07) is 5.43. The Morgan fingerprint density at radius 2 is 2.21 bits per heavy atom. The van der Waals surface area contributed by atoms with E-state index in [2.05, 4.69) is 18.2 Å². The Kier molecular flexibility index (Phi) is 5.90. The maximum atomic E-state index is 13.1. The Bertz CT molecular complexity index is 819. The minimum atomic E-state index is -0.117. The molecule has 158 valence electrons. The highest BCUT2D eigenvalue weighted by Crippen LogP contribution is 2.39. The van der Waals surface area contributed by atoms with Crippen LogP contribution < -0.4 is 4.90 Å². The number of likely N-dealkylation sites (N-methyl/N-ethyl adjacent to an activating group) is 1. The Hall–Kier alpha value is -1.58. The van der Waals surface area contributed by atoms with Gasteiger partial charge in [-0.25, -0.2) is 4.99 Å². The monoisotopic (exact) mass is 436 g/mol. The molecule has 3 aliphatic heterocycles. The number of phenolic OH excluding ortho intramolecular Hbond substituents is 1. The van der Waals surface area contributed by atoms with E-state index in [1.807, 2.05) is 47.8 Å². The average Bonchev–Trinajstić information content (AvgIpc) is 3.27. The molecule has 3 heterocycles. The molecule has 4 rings (SSSR count). The summed E-state index contributed by atoms with van der Waals surface area (Å²) in [6.07, 6.45) is 2.09. The number of hydrogen-bond donors (Lipinski definition) is 1. The van der Waals surface area contributed by atoms with Crippen molar-refractivity contribution in [2.45, 2.75) is 23.5 Å². The fourth-order valence-corrected chi connectivity index (χ4v) is 6.59. The number of phenols is 1. The van der Waals surface area contributed by atoms with Crippen LogP contribution in [0.2, 0.25) is 0 Å². The lowest BCUT2D eigenvalue weighted by Crippen LogP contribution is -2.63. The topological polar surface area (TPSA) is 68.6 Å². The summed E-state index contributed by atoms with van der Waals surface area (Å²) in [6.45, 7) is 0.984. The van der Waals surface area contributed by atoms with Gasteiger partial charge in [-0.1, -0.05) is 0 Å². The van der Waals surface area contributed by atoms with Crippen molar-refractivity contribution in [3.8, 4) is 5.75 Å². The number of ether oxygens (including phenoxy) is 1. The molecule has 2 fully saturated rings. The molecule has 9 heteroatoms. The minimum absolute atomic E-state index is 0.0327. The molecule has 2 bridgehead atoms. The maximum Gasteiger partial charge on any atom is 0.241 e. The van der Waals surface area contributed by atoms with Crippen LogP contribution in [0.15, 0.2) is 23.2 Å². The van der Waals surface area contributed by atoms with E-state index >= 15 is 0 Å². The summed E-state index contributed by atoms with van der Waals surface area (Å²) in [7, 11) is 5.97. The first-order chi connectivity index (χ1) is 13.9. The third-order valence-corrected chi connectivity index (χ3v) is 7.97. The number of aromatic hydroxyl groups is 1. The fraction of sp³-hybridized carbons (Fsp3) is 0.600. The number of fused-ring (bicyclic) bond motifs is 2. The molecule has 4 atom stereocenters. The molecule has 0 spiro atoms. The van der Waals surface area contributed by atoms with Crippen molar-refractivity contribution in [3.05, 3.63) is 23.8 Å². The first kappa shape index (κ1) is 20.7. The van der Waals surface area contributed by atoms with E-state index in [1.165, 1.54) is 0 Å². The number of benzene rings is 1. The molecule has 0 saturated carbocycles. The predicted octanol–water partition coefficient (Wildman–Crippen LogP) is 1.55. The van der Waals surface area contributed by atoms with Gasteiger partial charge in [0.25, 0.3) is 0 Å². The number of aliphatic imine (C=N–C) groups is 1. The van der Waals surface area contributed by atoms with Crippen LogP contribution in [0.4, 0.5) is 5.69 Å². The SMILES string of the molecule is CSC[C@H]1[C@@H]2SC[C@@H](C(=O)N1C[C@@H]1COC(c3cc(N(C)C)ccc3O)=N1)N2C. The largest absolute Gasteiger partial charge is 0.507 e. The van der Waals surface area contributed by atoms with E-state index in [1.54, 1.807) is 17.8 Å². The van der Waals surface area contributed by atoms with Crippen molar-refractivity contribution in [2.75, 3.05) is 57.0 Å². The third kappa shape index (κ3) is 3.80. The van der Waals surface area contributed by atoms with Crippen molar-refractivity contribution < 1.29 is 14.6 Å². The molecule has 7 nitrogen and oxygen atoms in total. The van der Waals surface area contributed by atoms with Crippen molar-refractivity contribution in [3.63, 3.8) is 0 Å². The Labute approximate surface area is 180 Å². The first-order valence-electron chi connectivity index (χ1n) is 9.75. The van der Waals surface area contributed by atoms with Gasteiger partial charge in [0.05, 0.1) is 23.0 Å². The van der Waals surface area contributed by atoms with E-state index in [9.17, 15) is 9.90 Å². The van der Waals surface area contributed by atoms with Gasteiger partial charge in [0, 0.05) is 37.8 Å². The van der Waals surface area contributed by atoms with Crippen molar-refractivity contribution in [2.24, 2.45) is 4.99 Å². The van der Waals surface area contributed by atoms with Crippen LogP contribution >= 0.6 is 23.5 Å². The summed E-state index contributed by atoms with van der Waals surface area (Å²) < 4.78 is 5.84. The molecule has 1 amide bonds. The normalized spacial score (nSPS) is 29.2. The molecule has 3 aliphatic rings. The second-order valence-electron chi connectivity index (χ2n) is 7.91. The van der Waals surface area contributed by atoms with Gasteiger partial charge in [-0.2, -0.15) is 11.8 Å². The lowest BCUT2D eigenvalue weighted by Gasteiger charge is -2.44. The van der Waals surface area contributed by atoms with Gasteiger partial charge in [0.15, 0.2) is 0 Å². The molecule has 0 unspecified atom stereocenters. The van der Waals surface area contributed by atoms with Crippen molar-refractivity contribution in [1.29, 1.82) is 0 Å². The molecule has 0 aromatic heterocycles. The van der Waals surface area contributed by atoms with Crippen LogP contribution in [0, 0.1) is 0 Å². The summed E-state index contributed by atoms with van der Waals surface area (Å²) in [4.78, 5) is 24.1. The van der Waals surface area contributed by atoms with Gasteiger partial charge in [-0.3, -0.25) is 9.69 Å². The molecule has 29 heavy (non-hydrogen) atoms. The van der Waals surface area contributed by atoms with Crippen molar-refractivity contribution >= 4 is 41.0 Å². The number of hydrogen-bond acceptors (Lipinski definition) is 8. The number of thioether (sulfide) groups is 2. The zero-order chi connectivity index (χ0) is 20.7. The highest BCUT2D eigenvalue weighted by Gasteiger charge is 2.50. The quantitative estimate of drug-likeness (QED) is 0.726. The van der Waals surface area contributed by atoms with Gasteiger partial charge < -0.3 is 19.6 Å². The number of piperazine rings is 1. The molecule has 0 aliphatic carbocycles. The average molecular weight is 437 g/mol. The lowest BCUT2D eigenvalue weighted by atomic mass is 10.1. The van der Waals surface area contributed by atoms with E-state index < -0.39 is 0 Å². The summed E-state index contributed by atoms with van der Waals surface area (Å²) >= 11 is 3.66. The Morgan fingerprint density at radius 1 is 1.41 bits per heavy atom. The van der Waals surface area contributed by atoms with Crippen LogP contribution in [-0.2, 0) is 9.53 Å². The van der Waals surface area contributed by atoms with Gasteiger partial charge in [-0.15, -0.1) is 11.8 Å². The molecule has 1 aromatic carbocycles. The number of nitrogens with zero attached hydrogens (tertiary/aromatic N) is 4. The van der Waals surface area contributed by atoms with E-state index in [-0.39, 0.29) is 29.8 Å². The van der Waals surface area contributed by atoms with Crippen LogP contribution in [0.5, 0.6) is 5.75 Å². The number of carbonyl (C=O) groups excluding carboxylic acids is 1. The van der Waals surface area contributed by atoms with Crippen LogP contribution in [0.1, 0.15) is 5.56 Å². The summed E-state index contributed by atoms with van der Waals surface area (Å²) in [5, 5.41) is 10.6. The van der Waals surface area contributed by atoms with Gasteiger partial charge in [-0.05, 0) is 31.5 Å². The number of anilines is 1. The Balaban J connectivity index is 1.54. The van der Waals surface area contributed by atoms with Gasteiger partial charge in [0.1, 0.15) is 18.4 Å². The molecule has 1 aromatic rings. The molecule has 1 N–H and O–H groups in total. The zero-order valence-electron chi connectivity index (χ0n) is 17.2. The second-order valence-corrected chi connectivity index (χ2v) is 9.97. The summed E-state index contributed by atoms with van der Waals surface area (Å²) in [5.41, 5.74) is 1.56. The van der Waals surface area contributed by atoms with Gasteiger partial charge in [0.2, 0.25) is 11.8 Å². The van der Waals surface area contributed by atoms with E-state index in [0.29, 0.717) is 30.0 Å². The van der Waals surface area contributed by atoms with Crippen LogP contribution in [0.25, 0.3) is 0 Å². The lowest BCUT2D eigenvalue weighted by molar-refractivity contribution is -0.143. The maximum absolute atomic E-state index is 13.1. The fourth-order valence-electron chi connectivity index (χ4n) is 4.16. The first-order valence-corrected chi connectivity index (χ1v) is 12.2. The molecular formula is C20H28N4O3S2. The van der Waals surface area contributed by atoms with Crippen LogP contribution in [0.3, 0.4) is 0 Å². The van der Waals surface area contributed by atoms with Crippen LogP contribution in [-0.4, -0.2) is 102 Å². The number of rotatable bonds is 6. The van der Waals surface area contributed by atoms with E-state index in [0.717, 1.165) is 17.2 Å². The number of amides is 1. The highest BCUT2D eigenvalue weighted by atomic mass is 32.2. The molecule has 2 saturated heterocycles. The third-order valence-electron chi connectivity index (χ3n) is 5.80. The standard InChI is InChI=1S/C20H28N4O3S2/c1-22(2)13-5-6-17(25)14(7-13)18-21-12(9-27-18)8-24-16(10-28-4)20-23(3)15(11-29-20)19(24)26/h5-7,12,15-16,20,25H,8-11H2,1-4H3/t12-,15+,16+,20+/m1/s1. The van der Waals surface area contributed by atoms with Gasteiger partial charge >= 0.3 is 0 Å². The Morgan fingerprint density at radius 3 is 2.93 bits per heavy atom. The zero-order valence-corrected chi connectivity index (χ0v) is 18.9. The minimum Gasteiger partial charge on any atom is -0.507 e. The summed E-state index contributed by atoms with van der Waals surface area (Å²) in [5.74, 6) is 2.59. The van der Waals surface area contributed by atoms with E-state index in [4.69, 9.17) is 9.73 Å². The van der Waals surface area contributed by atoms with Crippen molar-refractivity contribution in [1.82, 2.24) is 9.80 Å². The predicted molar refractivity (Wildman–Crippen MR) is 120 cm³/mol. The molecule has 0 radical (unpaired) electrons. The highest BCUT2D eigenvalue weighted by molar-refractivity contribution is 8.00. The number of carbonyl (C=O) groups is 1. The molecular weight excluding hydrogens is 408 g/mol. The smallest absolute Gasteiger partial charge is 0.241 e.